The lowest BCUT2D eigenvalue weighted by molar-refractivity contribution is 0.0498. The van der Waals surface area contributed by atoms with Crippen molar-refractivity contribution in [3.8, 4) is 5.75 Å². The number of aliphatic hydroxyl groups is 1. The van der Waals surface area contributed by atoms with Crippen LogP contribution < -0.4 is 5.32 Å². The standard InChI is InChI=1S/C15H23NO4/c1-3-5-14(18)11(4-2)10-20-15(19)16-12-6-8-13(17)9-7-12/h6-9,11,14,17-18H,3-5,10H2,1-2H3,(H,16,19). The zero-order chi connectivity index (χ0) is 15.0. The van der Waals surface area contributed by atoms with Crippen LogP contribution in [0.3, 0.4) is 0 Å². The van der Waals surface area contributed by atoms with E-state index >= 15 is 0 Å². The lowest BCUT2D eigenvalue weighted by atomic mass is 9.97. The number of hydrogen-bond donors (Lipinski definition) is 3. The highest BCUT2D eigenvalue weighted by Gasteiger charge is 2.18. The second-order valence-corrected chi connectivity index (χ2v) is 4.79. The Balaban J connectivity index is 2.40. The lowest BCUT2D eigenvalue weighted by Gasteiger charge is -2.20. The fourth-order valence-electron chi connectivity index (χ4n) is 1.91. The van der Waals surface area contributed by atoms with Gasteiger partial charge in [-0.3, -0.25) is 5.32 Å². The predicted molar refractivity (Wildman–Crippen MR) is 77.8 cm³/mol. The molecule has 0 saturated heterocycles. The van der Waals surface area contributed by atoms with Gasteiger partial charge in [0.25, 0.3) is 0 Å². The monoisotopic (exact) mass is 281 g/mol. The fourth-order valence-corrected chi connectivity index (χ4v) is 1.91. The largest absolute Gasteiger partial charge is 0.508 e. The second kappa shape index (κ2) is 8.43. The van der Waals surface area contributed by atoms with E-state index in [0.717, 1.165) is 12.8 Å². The van der Waals surface area contributed by atoms with Gasteiger partial charge in [0, 0.05) is 11.6 Å². The zero-order valence-corrected chi connectivity index (χ0v) is 12.0. The number of nitrogens with one attached hydrogen (secondary N) is 1. The van der Waals surface area contributed by atoms with E-state index < -0.39 is 12.2 Å². The Morgan fingerprint density at radius 2 is 1.95 bits per heavy atom. The van der Waals surface area contributed by atoms with Crippen LogP contribution >= 0.6 is 0 Å². The average molecular weight is 281 g/mol. The summed E-state index contributed by atoms with van der Waals surface area (Å²) >= 11 is 0. The Labute approximate surface area is 119 Å². The molecule has 0 aliphatic carbocycles. The van der Waals surface area contributed by atoms with Crippen LogP contribution in [0.25, 0.3) is 0 Å². The minimum Gasteiger partial charge on any atom is -0.508 e. The Morgan fingerprint density at radius 1 is 1.30 bits per heavy atom. The first-order valence-electron chi connectivity index (χ1n) is 6.97. The van der Waals surface area contributed by atoms with E-state index in [1.807, 2.05) is 13.8 Å². The number of amides is 1. The van der Waals surface area contributed by atoms with Gasteiger partial charge < -0.3 is 14.9 Å². The van der Waals surface area contributed by atoms with Gasteiger partial charge in [0.05, 0.1) is 12.7 Å². The molecule has 1 amide bonds. The topological polar surface area (TPSA) is 78.8 Å². The molecule has 1 aromatic rings. The predicted octanol–water partition coefficient (Wildman–Crippen LogP) is 3.13. The van der Waals surface area contributed by atoms with Gasteiger partial charge in [-0.05, 0) is 37.1 Å². The van der Waals surface area contributed by atoms with Gasteiger partial charge in [-0.25, -0.2) is 4.79 Å². The number of aromatic hydroxyl groups is 1. The summed E-state index contributed by atoms with van der Waals surface area (Å²) in [6, 6.07) is 6.13. The van der Waals surface area contributed by atoms with Crippen molar-refractivity contribution >= 4 is 11.8 Å². The molecule has 0 spiro atoms. The first-order chi connectivity index (χ1) is 9.56. The highest BCUT2D eigenvalue weighted by atomic mass is 16.5. The summed E-state index contributed by atoms with van der Waals surface area (Å²) in [6.07, 6.45) is 1.37. The van der Waals surface area contributed by atoms with E-state index in [1.165, 1.54) is 12.1 Å². The Hall–Kier alpha value is -1.75. The molecule has 1 rings (SSSR count). The molecule has 0 bridgehead atoms. The van der Waals surface area contributed by atoms with Crippen molar-refractivity contribution < 1.29 is 19.7 Å². The van der Waals surface area contributed by atoms with Gasteiger partial charge in [-0.1, -0.05) is 20.3 Å². The molecule has 0 aliphatic heterocycles. The molecule has 5 nitrogen and oxygen atoms in total. The third-order valence-electron chi connectivity index (χ3n) is 3.20. The summed E-state index contributed by atoms with van der Waals surface area (Å²) in [6.45, 7) is 4.17. The van der Waals surface area contributed by atoms with E-state index in [1.54, 1.807) is 12.1 Å². The summed E-state index contributed by atoms with van der Waals surface area (Å²) in [5.41, 5.74) is 0.551. The maximum absolute atomic E-state index is 11.6. The molecule has 0 fully saturated rings. The highest BCUT2D eigenvalue weighted by Crippen LogP contribution is 2.16. The molecule has 112 valence electrons. The third-order valence-corrected chi connectivity index (χ3v) is 3.20. The number of carbonyl (C=O) groups excluding carboxylic acids is 1. The van der Waals surface area contributed by atoms with Crippen molar-refractivity contribution in [1.29, 1.82) is 0 Å². The summed E-state index contributed by atoms with van der Waals surface area (Å²) in [5.74, 6) is 0.0955. The molecule has 0 aliphatic rings. The van der Waals surface area contributed by atoms with Crippen LogP contribution in [0.4, 0.5) is 10.5 Å². The molecule has 0 radical (unpaired) electrons. The van der Waals surface area contributed by atoms with Crippen molar-refractivity contribution in [3.05, 3.63) is 24.3 Å². The number of hydrogen-bond acceptors (Lipinski definition) is 4. The molecule has 20 heavy (non-hydrogen) atoms. The number of ether oxygens (including phenoxy) is 1. The fraction of sp³-hybridized carbons (Fsp3) is 0.533. The van der Waals surface area contributed by atoms with Crippen LogP contribution in [-0.4, -0.2) is 29.0 Å². The van der Waals surface area contributed by atoms with Crippen LogP contribution in [0, 0.1) is 5.92 Å². The molecule has 5 heteroatoms. The molecule has 3 N–H and O–H groups in total. The Morgan fingerprint density at radius 3 is 2.50 bits per heavy atom. The SMILES string of the molecule is CCCC(O)C(CC)COC(=O)Nc1ccc(O)cc1. The van der Waals surface area contributed by atoms with Gasteiger partial charge in [0.1, 0.15) is 5.75 Å². The minimum atomic E-state index is -0.558. The van der Waals surface area contributed by atoms with Crippen molar-refractivity contribution in [2.75, 3.05) is 11.9 Å². The van der Waals surface area contributed by atoms with Crippen LogP contribution in [0.2, 0.25) is 0 Å². The summed E-state index contributed by atoms with van der Waals surface area (Å²) in [5, 5.41) is 21.6. The van der Waals surface area contributed by atoms with Crippen molar-refractivity contribution in [2.45, 2.75) is 39.2 Å². The molecule has 0 saturated carbocycles. The molecule has 1 aromatic carbocycles. The summed E-state index contributed by atoms with van der Waals surface area (Å²) < 4.78 is 5.12. The van der Waals surface area contributed by atoms with Crippen molar-refractivity contribution in [3.63, 3.8) is 0 Å². The number of benzene rings is 1. The smallest absolute Gasteiger partial charge is 0.411 e. The Bertz CT molecular complexity index is 405. The maximum Gasteiger partial charge on any atom is 0.411 e. The van der Waals surface area contributed by atoms with E-state index in [9.17, 15) is 9.90 Å². The quantitative estimate of drug-likeness (QED) is 0.671. The number of aliphatic hydroxyl groups excluding tert-OH is 1. The van der Waals surface area contributed by atoms with Gasteiger partial charge in [-0.15, -0.1) is 0 Å². The molecule has 0 aromatic heterocycles. The van der Waals surface area contributed by atoms with Crippen LogP contribution in [0.15, 0.2) is 24.3 Å². The van der Waals surface area contributed by atoms with E-state index in [0.29, 0.717) is 12.1 Å². The van der Waals surface area contributed by atoms with Gasteiger partial charge in [-0.2, -0.15) is 0 Å². The highest BCUT2D eigenvalue weighted by molar-refractivity contribution is 5.84. The second-order valence-electron chi connectivity index (χ2n) is 4.79. The summed E-state index contributed by atoms with van der Waals surface area (Å²) in [4.78, 5) is 11.6. The average Bonchev–Trinajstić information content (AvgIpc) is 2.42. The number of phenols is 1. The van der Waals surface area contributed by atoms with Crippen LogP contribution in [0.5, 0.6) is 5.75 Å². The van der Waals surface area contributed by atoms with E-state index in [2.05, 4.69) is 5.32 Å². The van der Waals surface area contributed by atoms with Gasteiger partial charge in [0.15, 0.2) is 0 Å². The van der Waals surface area contributed by atoms with Gasteiger partial charge >= 0.3 is 6.09 Å². The molecule has 0 heterocycles. The molecule has 2 atom stereocenters. The first-order valence-corrected chi connectivity index (χ1v) is 6.97. The van der Waals surface area contributed by atoms with Crippen LogP contribution in [0.1, 0.15) is 33.1 Å². The van der Waals surface area contributed by atoms with E-state index in [-0.39, 0.29) is 18.3 Å². The van der Waals surface area contributed by atoms with Gasteiger partial charge in [0.2, 0.25) is 0 Å². The molecule has 2 unspecified atom stereocenters. The van der Waals surface area contributed by atoms with Crippen LogP contribution in [-0.2, 0) is 4.74 Å². The number of phenolic OH excluding ortho intramolecular Hbond substituents is 1. The first kappa shape index (κ1) is 16.3. The lowest BCUT2D eigenvalue weighted by Crippen LogP contribution is -2.27. The zero-order valence-electron chi connectivity index (χ0n) is 12.0. The van der Waals surface area contributed by atoms with E-state index in [4.69, 9.17) is 9.84 Å². The molecular formula is C15H23NO4. The number of anilines is 1. The molecular weight excluding hydrogens is 258 g/mol. The van der Waals surface area contributed by atoms with Crippen molar-refractivity contribution in [1.82, 2.24) is 0 Å². The maximum atomic E-state index is 11.6. The normalized spacial score (nSPS) is 13.6. The number of carbonyl (C=O) groups is 1. The number of rotatable bonds is 7. The van der Waals surface area contributed by atoms with Crippen molar-refractivity contribution in [2.24, 2.45) is 5.92 Å². The summed E-state index contributed by atoms with van der Waals surface area (Å²) in [7, 11) is 0. The minimum absolute atomic E-state index is 0.0412. The Kier molecular flexibility index (Phi) is 6.87. The third kappa shape index (κ3) is 5.48.